The number of primary amides is 1. The summed E-state index contributed by atoms with van der Waals surface area (Å²) >= 11 is 0. The van der Waals surface area contributed by atoms with Crippen molar-refractivity contribution in [1.29, 1.82) is 0 Å². The summed E-state index contributed by atoms with van der Waals surface area (Å²) in [4.78, 5) is 11.3. The molecule has 6 nitrogen and oxygen atoms in total. The number of amides is 1. The molecule has 100 valence electrons. The number of carbonyl (C=O) groups is 1. The van der Waals surface area contributed by atoms with E-state index in [0.717, 1.165) is 12.8 Å². The Hall–Kier alpha value is -0.690. The number of methoxy groups -OCH3 is 1. The molecular weight excluding hydrogens is 224 g/mol. The van der Waals surface area contributed by atoms with Gasteiger partial charge in [-0.1, -0.05) is 0 Å². The monoisotopic (exact) mass is 246 g/mol. The third-order valence-electron chi connectivity index (χ3n) is 2.91. The highest BCUT2D eigenvalue weighted by Crippen LogP contribution is 2.38. The number of hydrogen-bond donors (Lipinski definition) is 2. The minimum absolute atomic E-state index is 0.167. The standard InChI is InChI=1S/C11H22N2O4/c1-15-4-5-16-6-7-17-8-11(13,10(12)14)9-2-3-9/h9H,2-8,13H2,1H3,(H2,12,14). The third kappa shape index (κ3) is 4.59. The van der Waals surface area contributed by atoms with Crippen molar-refractivity contribution in [3.05, 3.63) is 0 Å². The summed E-state index contributed by atoms with van der Waals surface area (Å²) < 4.78 is 15.4. The second-order valence-electron chi connectivity index (χ2n) is 4.34. The van der Waals surface area contributed by atoms with E-state index in [4.69, 9.17) is 25.7 Å². The Labute approximate surface area is 102 Å². The number of rotatable bonds is 10. The molecule has 1 aliphatic carbocycles. The molecule has 0 radical (unpaired) electrons. The van der Waals surface area contributed by atoms with Gasteiger partial charge in [-0.05, 0) is 18.8 Å². The van der Waals surface area contributed by atoms with Crippen LogP contribution in [-0.2, 0) is 19.0 Å². The second-order valence-corrected chi connectivity index (χ2v) is 4.34. The molecule has 0 aliphatic heterocycles. The highest BCUT2D eigenvalue weighted by atomic mass is 16.5. The van der Waals surface area contributed by atoms with Gasteiger partial charge in [0.2, 0.25) is 5.91 Å². The van der Waals surface area contributed by atoms with E-state index in [1.807, 2.05) is 0 Å². The molecule has 1 saturated carbocycles. The zero-order valence-corrected chi connectivity index (χ0v) is 10.3. The van der Waals surface area contributed by atoms with E-state index in [-0.39, 0.29) is 12.5 Å². The maximum atomic E-state index is 11.3. The molecule has 0 aromatic carbocycles. The Kier molecular flexibility index (Phi) is 5.84. The fraction of sp³-hybridized carbons (Fsp3) is 0.909. The molecule has 0 aromatic heterocycles. The van der Waals surface area contributed by atoms with Crippen LogP contribution in [0.5, 0.6) is 0 Å². The smallest absolute Gasteiger partial charge is 0.240 e. The van der Waals surface area contributed by atoms with E-state index < -0.39 is 11.4 Å². The van der Waals surface area contributed by atoms with Crippen LogP contribution in [0.25, 0.3) is 0 Å². The van der Waals surface area contributed by atoms with Crippen LogP contribution in [0.1, 0.15) is 12.8 Å². The zero-order valence-electron chi connectivity index (χ0n) is 10.3. The summed E-state index contributed by atoms with van der Waals surface area (Å²) in [5.74, 6) is -0.310. The maximum absolute atomic E-state index is 11.3. The molecule has 0 spiro atoms. The van der Waals surface area contributed by atoms with Crippen LogP contribution in [0.15, 0.2) is 0 Å². The van der Waals surface area contributed by atoms with E-state index in [1.54, 1.807) is 7.11 Å². The van der Waals surface area contributed by atoms with Crippen LogP contribution in [0.3, 0.4) is 0 Å². The lowest BCUT2D eigenvalue weighted by Crippen LogP contribution is -2.57. The van der Waals surface area contributed by atoms with Crippen molar-refractivity contribution in [2.75, 3.05) is 40.1 Å². The van der Waals surface area contributed by atoms with Gasteiger partial charge in [0.15, 0.2) is 0 Å². The normalized spacial score (nSPS) is 18.9. The molecule has 1 unspecified atom stereocenters. The molecule has 6 heteroatoms. The molecule has 1 aliphatic rings. The van der Waals surface area contributed by atoms with Crippen molar-refractivity contribution in [2.45, 2.75) is 18.4 Å². The molecule has 0 aromatic rings. The Morgan fingerprint density at radius 2 is 1.82 bits per heavy atom. The first-order valence-corrected chi connectivity index (χ1v) is 5.84. The van der Waals surface area contributed by atoms with Gasteiger partial charge >= 0.3 is 0 Å². The van der Waals surface area contributed by atoms with Gasteiger partial charge in [0.05, 0.1) is 33.0 Å². The van der Waals surface area contributed by atoms with Gasteiger partial charge in [-0.3, -0.25) is 4.79 Å². The van der Waals surface area contributed by atoms with Crippen molar-refractivity contribution in [3.8, 4) is 0 Å². The van der Waals surface area contributed by atoms with Gasteiger partial charge < -0.3 is 25.7 Å². The van der Waals surface area contributed by atoms with Crippen LogP contribution in [0.4, 0.5) is 0 Å². The molecule has 0 heterocycles. The molecule has 4 N–H and O–H groups in total. The quantitative estimate of drug-likeness (QED) is 0.495. The van der Waals surface area contributed by atoms with Gasteiger partial charge in [-0.25, -0.2) is 0 Å². The maximum Gasteiger partial charge on any atom is 0.240 e. The van der Waals surface area contributed by atoms with E-state index in [0.29, 0.717) is 26.4 Å². The average Bonchev–Trinajstić information content (AvgIpc) is 3.11. The molecule has 1 amide bonds. The summed E-state index contributed by atoms with van der Waals surface area (Å²) in [7, 11) is 1.62. The minimum atomic E-state index is -1.01. The summed E-state index contributed by atoms with van der Waals surface area (Å²) in [5.41, 5.74) is 10.2. The van der Waals surface area contributed by atoms with Crippen molar-refractivity contribution in [2.24, 2.45) is 17.4 Å². The highest BCUT2D eigenvalue weighted by molar-refractivity contribution is 5.85. The third-order valence-corrected chi connectivity index (χ3v) is 2.91. The molecule has 0 saturated heterocycles. The number of carbonyl (C=O) groups excluding carboxylic acids is 1. The van der Waals surface area contributed by atoms with Crippen molar-refractivity contribution >= 4 is 5.91 Å². The Balaban J connectivity index is 2.09. The predicted octanol–water partition coefficient (Wildman–Crippen LogP) is -0.741. The number of nitrogens with two attached hydrogens (primary N) is 2. The Bertz CT molecular complexity index is 246. The molecular formula is C11H22N2O4. The molecule has 0 bridgehead atoms. The Morgan fingerprint density at radius 1 is 1.24 bits per heavy atom. The lowest BCUT2D eigenvalue weighted by atomic mass is 9.95. The van der Waals surface area contributed by atoms with Crippen LogP contribution < -0.4 is 11.5 Å². The zero-order chi connectivity index (χ0) is 12.7. The van der Waals surface area contributed by atoms with E-state index in [1.165, 1.54) is 0 Å². The predicted molar refractivity (Wildman–Crippen MR) is 62.4 cm³/mol. The lowest BCUT2D eigenvalue weighted by molar-refractivity contribution is -0.126. The fourth-order valence-corrected chi connectivity index (χ4v) is 1.59. The largest absolute Gasteiger partial charge is 0.382 e. The van der Waals surface area contributed by atoms with E-state index >= 15 is 0 Å². The van der Waals surface area contributed by atoms with Crippen LogP contribution in [-0.4, -0.2) is 51.6 Å². The van der Waals surface area contributed by atoms with Gasteiger partial charge in [0.1, 0.15) is 5.54 Å². The van der Waals surface area contributed by atoms with Gasteiger partial charge in [-0.2, -0.15) is 0 Å². The average molecular weight is 246 g/mol. The molecule has 1 atom stereocenters. The van der Waals surface area contributed by atoms with Gasteiger partial charge in [0, 0.05) is 7.11 Å². The molecule has 1 rings (SSSR count). The SMILES string of the molecule is COCCOCCOCC(N)(C(N)=O)C1CC1. The van der Waals surface area contributed by atoms with Crippen molar-refractivity contribution < 1.29 is 19.0 Å². The molecule has 17 heavy (non-hydrogen) atoms. The first-order chi connectivity index (χ1) is 8.11. The highest BCUT2D eigenvalue weighted by Gasteiger charge is 2.47. The van der Waals surface area contributed by atoms with E-state index in [2.05, 4.69) is 0 Å². The summed E-state index contributed by atoms with van der Waals surface area (Å²) in [6, 6.07) is 0. The Morgan fingerprint density at radius 3 is 2.35 bits per heavy atom. The second kappa shape index (κ2) is 6.90. The summed E-state index contributed by atoms with van der Waals surface area (Å²) in [6.07, 6.45) is 1.90. The summed E-state index contributed by atoms with van der Waals surface area (Å²) in [6.45, 7) is 2.13. The van der Waals surface area contributed by atoms with Crippen molar-refractivity contribution in [1.82, 2.24) is 0 Å². The fourth-order valence-electron chi connectivity index (χ4n) is 1.59. The number of hydrogen-bond acceptors (Lipinski definition) is 5. The van der Waals surface area contributed by atoms with Crippen molar-refractivity contribution in [3.63, 3.8) is 0 Å². The van der Waals surface area contributed by atoms with Crippen LogP contribution >= 0.6 is 0 Å². The molecule has 1 fully saturated rings. The van der Waals surface area contributed by atoms with Gasteiger partial charge in [0.25, 0.3) is 0 Å². The van der Waals surface area contributed by atoms with Crippen LogP contribution in [0.2, 0.25) is 0 Å². The lowest BCUT2D eigenvalue weighted by Gasteiger charge is -2.25. The van der Waals surface area contributed by atoms with Crippen LogP contribution in [0, 0.1) is 5.92 Å². The number of ether oxygens (including phenoxy) is 3. The minimum Gasteiger partial charge on any atom is -0.382 e. The van der Waals surface area contributed by atoms with Gasteiger partial charge in [-0.15, -0.1) is 0 Å². The first kappa shape index (κ1) is 14.4. The van der Waals surface area contributed by atoms with E-state index in [9.17, 15) is 4.79 Å². The summed E-state index contributed by atoms with van der Waals surface area (Å²) in [5, 5.41) is 0. The first-order valence-electron chi connectivity index (χ1n) is 5.84. The topological polar surface area (TPSA) is 96.8 Å².